The van der Waals surface area contributed by atoms with Crippen molar-refractivity contribution in [2.75, 3.05) is 12.0 Å². The van der Waals surface area contributed by atoms with Gasteiger partial charge in [-0.25, -0.2) is 0 Å². The fourth-order valence-corrected chi connectivity index (χ4v) is 1.04. The standard InChI is InChI=1S/C8H11BrS/c1-7(6-10-3)4-5-8(2)9/h4-5H,1-2,6H2,3H3/b5-4-. The summed E-state index contributed by atoms with van der Waals surface area (Å²) in [6.07, 6.45) is 5.92. The average molecular weight is 219 g/mol. The molecule has 0 aliphatic carbocycles. The van der Waals surface area contributed by atoms with Crippen LogP contribution in [0.1, 0.15) is 0 Å². The number of halogens is 1. The van der Waals surface area contributed by atoms with Gasteiger partial charge in [-0.3, -0.25) is 0 Å². The Bertz CT molecular complexity index is 159. The van der Waals surface area contributed by atoms with Crippen molar-refractivity contribution in [3.05, 3.63) is 35.4 Å². The summed E-state index contributed by atoms with van der Waals surface area (Å²) in [5, 5.41) is 0. The van der Waals surface area contributed by atoms with E-state index >= 15 is 0 Å². The first-order chi connectivity index (χ1) is 4.66. The Balaban J connectivity index is 3.67. The van der Waals surface area contributed by atoms with Crippen LogP contribution in [0.15, 0.2) is 35.4 Å². The maximum Gasteiger partial charge on any atom is 0.0175 e. The van der Waals surface area contributed by atoms with Crippen molar-refractivity contribution in [1.29, 1.82) is 0 Å². The lowest BCUT2D eigenvalue weighted by Crippen LogP contribution is -1.77. The fraction of sp³-hybridized carbons (Fsp3) is 0.250. The lowest BCUT2D eigenvalue weighted by molar-refractivity contribution is 1.58. The molecule has 0 saturated carbocycles. The molecule has 0 amide bonds. The maximum absolute atomic E-state index is 3.85. The second-order valence-electron chi connectivity index (χ2n) is 1.87. The summed E-state index contributed by atoms with van der Waals surface area (Å²) >= 11 is 4.99. The predicted octanol–water partition coefficient (Wildman–Crippen LogP) is 3.37. The van der Waals surface area contributed by atoms with E-state index in [9.17, 15) is 0 Å². The van der Waals surface area contributed by atoms with Gasteiger partial charge in [-0.1, -0.05) is 35.2 Å². The molecule has 0 saturated heterocycles. The number of thioether (sulfide) groups is 1. The van der Waals surface area contributed by atoms with Gasteiger partial charge in [-0.05, 0) is 17.9 Å². The van der Waals surface area contributed by atoms with Gasteiger partial charge in [0.15, 0.2) is 0 Å². The monoisotopic (exact) mass is 218 g/mol. The first kappa shape index (κ1) is 10.0. The highest BCUT2D eigenvalue weighted by Crippen LogP contribution is 2.07. The van der Waals surface area contributed by atoms with Gasteiger partial charge < -0.3 is 0 Å². The molecule has 0 atom stereocenters. The molecule has 0 N–H and O–H groups in total. The summed E-state index contributed by atoms with van der Waals surface area (Å²) in [5.74, 6) is 0.983. The highest BCUT2D eigenvalue weighted by atomic mass is 79.9. The largest absolute Gasteiger partial charge is 0.161 e. The molecular formula is C8H11BrS. The summed E-state index contributed by atoms with van der Waals surface area (Å²) in [6.45, 7) is 7.52. The highest BCUT2D eigenvalue weighted by Gasteiger charge is 1.84. The predicted molar refractivity (Wildman–Crippen MR) is 54.7 cm³/mol. The van der Waals surface area contributed by atoms with E-state index in [1.165, 1.54) is 0 Å². The fourth-order valence-electron chi connectivity index (χ4n) is 0.442. The first-order valence-corrected chi connectivity index (χ1v) is 5.04. The van der Waals surface area contributed by atoms with E-state index in [-0.39, 0.29) is 0 Å². The minimum Gasteiger partial charge on any atom is -0.161 e. The number of allylic oxidation sites excluding steroid dienone is 3. The van der Waals surface area contributed by atoms with E-state index < -0.39 is 0 Å². The van der Waals surface area contributed by atoms with E-state index in [0.717, 1.165) is 15.8 Å². The van der Waals surface area contributed by atoms with Crippen molar-refractivity contribution >= 4 is 27.7 Å². The molecule has 0 nitrogen and oxygen atoms in total. The Labute approximate surface area is 75.2 Å². The molecule has 0 heterocycles. The Morgan fingerprint density at radius 2 is 2.10 bits per heavy atom. The number of hydrogen-bond acceptors (Lipinski definition) is 1. The van der Waals surface area contributed by atoms with Crippen molar-refractivity contribution in [1.82, 2.24) is 0 Å². The second kappa shape index (κ2) is 5.81. The third kappa shape index (κ3) is 6.17. The molecule has 0 radical (unpaired) electrons. The normalized spacial score (nSPS) is 10.2. The summed E-state index contributed by atoms with van der Waals surface area (Å²) in [4.78, 5) is 0. The van der Waals surface area contributed by atoms with Crippen LogP contribution in [-0.2, 0) is 0 Å². The van der Waals surface area contributed by atoms with E-state index in [1.807, 2.05) is 12.2 Å². The SMILES string of the molecule is C=C(Br)/C=C\C(=C)CSC. The van der Waals surface area contributed by atoms with Crippen LogP contribution in [0.5, 0.6) is 0 Å². The van der Waals surface area contributed by atoms with Crippen molar-refractivity contribution in [3.8, 4) is 0 Å². The molecule has 0 rings (SSSR count). The summed E-state index contributed by atoms with van der Waals surface area (Å²) < 4.78 is 0.884. The van der Waals surface area contributed by atoms with E-state index in [1.54, 1.807) is 11.8 Å². The lowest BCUT2D eigenvalue weighted by atomic mass is 10.3. The summed E-state index contributed by atoms with van der Waals surface area (Å²) in [5.41, 5.74) is 1.12. The van der Waals surface area contributed by atoms with Gasteiger partial charge in [0.25, 0.3) is 0 Å². The van der Waals surface area contributed by atoms with Crippen LogP contribution in [-0.4, -0.2) is 12.0 Å². The van der Waals surface area contributed by atoms with Gasteiger partial charge in [-0.2, -0.15) is 11.8 Å². The summed E-state index contributed by atoms with van der Waals surface area (Å²) in [7, 11) is 0. The average Bonchev–Trinajstić information content (AvgIpc) is 1.85. The minimum absolute atomic E-state index is 0.884. The van der Waals surface area contributed by atoms with Gasteiger partial charge in [0.1, 0.15) is 0 Å². The summed E-state index contributed by atoms with van der Waals surface area (Å²) in [6, 6.07) is 0. The zero-order valence-electron chi connectivity index (χ0n) is 6.06. The molecule has 2 heteroatoms. The number of rotatable bonds is 4. The zero-order valence-corrected chi connectivity index (χ0v) is 8.46. The van der Waals surface area contributed by atoms with Gasteiger partial charge >= 0.3 is 0 Å². The van der Waals surface area contributed by atoms with Crippen molar-refractivity contribution in [2.24, 2.45) is 0 Å². The van der Waals surface area contributed by atoms with Crippen molar-refractivity contribution in [3.63, 3.8) is 0 Å². The van der Waals surface area contributed by atoms with Crippen LogP contribution >= 0.6 is 27.7 Å². The van der Waals surface area contributed by atoms with Crippen LogP contribution < -0.4 is 0 Å². The minimum atomic E-state index is 0.884. The topological polar surface area (TPSA) is 0 Å². The zero-order chi connectivity index (χ0) is 7.98. The molecule has 0 aromatic heterocycles. The van der Waals surface area contributed by atoms with E-state index in [2.05, 4.69) is 35.3 Å². The molecule has 0 unspecified atom stereocenters. The third-order valence-corrected chi connectivity index (χ3v) is 1.75. The first-order valence-electron chi connectivity index (χ1n) is 2.86. The molecule has 0 aliphatic heterocycles. The Morgan fingerprint density at radius 3 is 2.50 bits per heavy atom. The highest BCUT2D eigenvalue weighted by molar-refractivity contribution is 9.11. The van der Waals surface area contributed by atoms with Crippen LogP contribution in [0.3, 0.4) is 0 Å². The van der Waals surface area contributed by atoms with Gasteiger partial charge in [0.2, 0.25) is 0 Å². The molecule has 10 heavy (non-hydrogen) atoms. The van der Waals surface area contributed by atoms with Crippen LogP contribution in [0.4, 0.5) is 0 Å². The third-order valence-electron chi connectivity index (χ3n) is 0.830. The van der Waals surface area contributed by atoms with Crippen molar-refractivity contribution in [2.45, 2.75) is 0 Å². The lowest BCUT2D eigenvalue weighted by Gasteiger charge is -1.93. The molecule has 0 aromatic carbocycles. The molecule has 0 bridgehead atoms. The van der Waals surface area contributed by atoms with E-state index in [4.69, 9.17) is 0 Å². The molecule has 0 spiro atoms. The van der Waals surface area contributed by atoms with Crippen LogP contribution in [0.25, 0.3) is 0 Å². The Kier molecular flexibility index (Phi) is 5.84. The molecule has 0 aromatic rings. The quantitative estimate of drug-likeness (QED) is 0.653. The van der Waals surface area contributed by atoms with Gasteiger partial charge in [-0.15, -0.1) is 0 Å². The molecular weight excluding hydrogens is 208 g/mol. The molecule has 0 aliphatic rings. The second-order valence-corrected chi connectivity index (χ2v) is 3.76. The molecule has 0 fully saturated rings. The molecule has 56 valence electrons. The van der Waals surface area contributed by atoms with Crippen LogP contribution in [0, 0.1) is 0 Å². The van der Waals surface area contributed by atoms with E-state index in [0.29, 0.717) is 0 Å². The van der Waals surface area contributed by atoms with Gasteiger partial charge in [0, 0.05) is 10.2 Å². The smallest absolute Gasteiger partial charge is 0.0175 e. The Morgan fingerprint density at radius 1 is 1.50 bits per heavy atom. The maximum atomic E-state index is 3.85. The van der Waals surface area contributed by atoms with Gasteiger partial charge in [0.05, 0.1) is 0 Å². The van der Waals surface area contributed by atoms with Crippen LogP contribution in [0.2, 0.25) is 0 Å². The Hall–Kier alpha value is 0.0500. The number of hydrogen-bond donors (Lipinski definition) is 0. The van der Waals surface area contributed by atoms with Crippen molar-refractivity contribution < 1.29 is 0 Å².